The summed E-state index contributed by atoms with van der Waals surface area (Å²) in [6.07, 6.45) is -0.0297. The highest BCUT2D eigenvalue weighted by atomic mass is 16.5. The number of aliphatic carboxylic acids is 1. The quantitative estimate of drug-likeness (QED) is 0.687. The van der Waals surface area contributed by atoms with Gasteiger partial charge in [0.25, 0.3) is 0 Å². The number of carbonyl (C=O) groups excluding carboxylic acids is 2. The van der Waals surface area contributed by atoms with Crippen LogP contribution in [-0.4, -0.2) is 40.8 Å². The second kappa shape index (κ2) is 9.52. The number of methoxy groups -OCH3 is 1. The fourth-order valence-corrected chi connectivity index (χ4v) is 2.64. The van der Waals surface area contributed by atoms with Gasteiger partial charge in [0.2, 0.25) is 5.91 Å². The van der Waals surface area contributed by atoms with E-state index in [1.807, 2.05) is 30.3 Å². The number of benzene rings is 2. The van der Waals surface area contributed by atoms with Gasteiger partial charge in [0.05, 0.1) is 7.11 Å². The second-order valence-corrected chi connectivity index (χ2v) is 6.17. The van der Waals surface area contributed by atoms with E-state index < -0.39 is 12.0 Å². The summed E-state index contributed by atoms with van der Waals surface area (Å²) in [5, 5.41) is 9.31. The van der Waals surface area contributed by atoms with Gasteiger partial charge in [-0.3, -0.25) is 9.59 Å². The molecule has 2 aromatic rings. The third kappa shape index (κ3) is 5.67. The molecule has 0 radical (unpaired) electrons. The maximum Gasteiger partial charge on any atom is 0.326 e. The fourth-order valence-electron chi connectivity index (χ4n) is 2.64. The number of hydrogen-bond donors (Lipinski definition) is 1. The first-order chi connectivity index (χ1) is 12.9. The molecule has 27 heavy (non-hydrogen) atoms. The molecule has 142 valence electrons. The molecule has 0 aliphatic heterocycles. The number of ketones is 1. The van der Waals surface area contributed by atoms with Crippen LogP contribution in [0.25, 0.3) is 0 Å². The molecule has 0 spiro atoms. The summed E-state index contributed by atoms with van der Waals surface area (Å²) in [5.74, 6) is -0.975. The molecule has 0 bridgehead atoms. The zero-order valence-corrected chi connectivity index (χ0v) is 15.4. The zero-order chi connectivity index (χ0) is 19.8. The predicted molar refractivity (Wildman–Crippen MR) is 101 cm³/mol. The molecule has 1 atom stereocenters. The molecule has 0 aliphatic carbocycles. The lowest BCUT2D eigenvalue weighted by Gasteiger charge is -2.26. The van der Waals surface area contributed by atoms with Gasteiger partial charge < -0.3 is 14.7 Å². The molecule has 6 nitrogen and oxygen atoms in total. The molecular formula is C21H23NO5. The predicted octanol–water partition coefficient (Wildman–Crippen LogP) is 3.16. The van der Waals surface area contributed by atoms with Gasteiger partial charge >= 0.3 is 5.97 Å². The van der Waals surface area contributed by atoms with E-state index in [1.54, 1.807) is 31.4 Å². The molecule has 0 fully saturated rings. The first kappa shape index (κ1) is 20.2. The first-order valence-electron chi connectivity index (χ1n) is 8.66. The Bertz CT molecular complexity index is 786. The minimum Gasteiger partial charge on any atom is -0.497 e. The van der Waals surface area contributed by atoms with Crippen molar-refractivity contribution >= 4 is 17.7 Å². The smallest absolute Gasteiger partial charge is 0.326 e. The highest BCUT2D eigenvalue weighted by molar-refractivity contribution is 5.98. The SMILES string of the molecule is COc1ccc(C(=O)CCC(=O)N(Cc2ccccc2)C(C)C(=O)O)cc1. The number of Topliss-reactive ketones (excluding diaryl/α,β-unsaturated/α-hetero) is 1. The van der Waals surface area contributed by atoms with E-state index in [9.17, 15) is 19.5 Å². The van der Waals surface area contributed by atoms with Crippen LogP contribution in [0.5, 0.6) is 5.75 Å². The van der Waals surface area contributed by atoms with Crippen LogP contribution in [0.4, 0.5) is 0 Å². The van der Waals surface area contributed by atoms with E-state index in [-0.39, 0.29) is 31.1 Å². The standard InChI is InChI=1S/C21H23NO5/c1-15(21(25)26)22(14-16-6-4-3-5-7-16)20(24)13-12-19(23)17-8-10-18(27-2)11-9-17/h3-11,15H,12-14H2,1-2H3,(H,25,26). The fraction of sp³-hybridized carbons (Fsp3) is 0.286. The van der Waals surface area contributed by atoms with Crippen LogP contribution in [0, 0.1) is 0 Å². The van der Waals surface area contributed by atoms with Gasteiger partial charge in [0.1, 0.15) is 11.8 Å². The summed E-state index contributed by atoms with van der Waals surface area (Å²) in [6, 6.07) is 14.9. The summed E-state index contributed by atoms with van der Waals surface area (Å²) in [7, 11) is 1.54. The van der Waals surface area contributed by atoms with E-state index in [1.165, 1.54) is 11.8 Å². The lowest BCUT2D eigenvalue weighted by Crippen LogP contribution is -2.42. The van der Waals surface area contributed by atoms with Crippen LogP contribution in [-0.2, 0) is 16.1 Å². The van der Waals surface area contributed by atoms with Crippen molar-refractivity contribution in [2.24, 2.45) is 0 Å². The van der Waals surface area contributed by atoms with Gasteiger partial charge in [-0.05, 0) is 36.8 Å². The molecule has 2 aromatic carbocycles. The van der Waals surface area contributed by atoms with Crippen LogP contribution in [0.3, 0.4) is 0 Å². The van der Waals surface area contributed by atoms with Crippen molar-refractivity contribution in [1.29, 1.82) is 0 Å². The average molecular weight is 369 g/mol. The summed E-state index contributed by atoms with van der Waals surface area (Å²) < 4.78 is 5.06. The topological polar surface area (TPSA) is 83.9 Å². The number of carbonyl (C=O) groups is 3. The zero-order valence-electron chi connectivity index (χ0n) is 15.4. The number of nitrogens with zero attached hydrogens (tertiary/aromatic N) is 1. The number of carboxylic acids is 1. The summed E-state index contributed by atoms with van der Waals surface area (Å²) in [5.41, 5.74) is 1.32. The van der Waals surface area contributed by atoms with Crippen LogP contribution in [0.1, 0.15) is 35.7 Å². The van der Waals surface area contributed by atoms with Gasteiger partial charge in [-0.1, -0.05) is 30.3 Å². The summed E-state index contributed by atoms with van der Waals surface area (Å²) in [6.45, 7) is 1.65. The summed E-state index contributed by atoms with van der Waals surface area (Å²) in [4.78, 5) is 37.6. The molecule has 1 N–H and O–H groups in total. The van der Waals surface area contributed by atoms with Gasteiger partial charge in [-0.2, -0.15) is 0 Å². The normalized spacial score (nSPS) is 11.5. The van der Waals surface area contributed by atoms with Crippen molar-refractivity contribution in [2.75, 3.05) is 7.11 Å². The van der Waals surface area contributed by atoms with Crippen LogP contribution >= 0.6 is 0 Å². The van der Waals surface area contributed by atoms with Gasteiger partial charge in [0, 0.05) is 24.9 Å². The maximum atomic E-state index is 12.6. The molecule has 0 saturated carbocycles. The van der Waals surface area contributed by atoms with Crippen LogP contribution < -0.4 is 4.74 Å². The van der Waals surface area contributed by atoms with Gasteiger partial charge in [-0.25, -0.2) is 4.79 Å². The van der Waals surface area contributed by atoms with E-state index in [0.29, 0.717) is 11.3 Å². The van der Waals surface area contributed by atoms with Gasteiger partial charge in [0.15, 0.2) is 5.78 Å². The third-order valence-corrected chi connectivity index (χ3v) is 4.32. The van der Waals surface area contributed by atoms with E-state index >= 15 is 0 Å². The Balaban J connectivity index is 2.03. The number of rotatable bonds is 9. The maximum absolute atomic E-state index is 12.6. The monoisotopic (exact) mass is 369 g/mol. The Morgan fingerprint density at radius 2 is 1.63 bits per heavy atom. The Kier molecular flexibility index (Phi) is 7.11. The van der Waals surface area contributed by atoms with E-state index in [4.69, 9.17) is 4.74 Å². The third-order valence-electron chi connectivity index (χ3n) is 4.32. The minimum absolute atomic E-state index is 0.0167. The number of ether oxygens (including phenoxy) is 1. The Hall–Kier alpha value is -3.15. The summed E-state index contributed by atoms with van der Waals surface area (Å²) >= 11 is 0. The van der Waals surface area contributed by atoms with Crippen LogP contribution in [0.2, 0.25) is 0 Å². The Labute approximate surface area is 158 Å². The Morgan fingerprint density at radius 1 is 1.00 bits per heavy atom. The molecule has 0 saturated heterocycles. The van der Waals surface area contributed by atoms with Crippen molar-refractivity contribution in [3.05, 3.63) is 65.7 Å². The van der Waals surface area contributed by atoms with Crippen molar-refractivity contribution in [3.63, 3.8) is 0 Å². The molecule has 0 aromatic heterocycles. The molecule has 0 aliphatic rings. The molecule has 1 amide bonds. The molecular weight excluding hydrogens is 346 g/mol. The highest BCUT2D eigenvalue weighted by Crippen LogP contribution is 2.15. The van der Waals surface area contributed by atoms with Crippen molar-refractivity contribution < 1.29 is 24.2 Å². The average Bonchev–Trinajstić information content (AvgIpc) is 2.70. The lowest BCUT2D eigenvalue weighted by molar-refractivity contribution is -0.150. The van der Waals surface area contributed by atoms with E-state index in [2.05, 4.69) is 0 Å². The highest BCUT2D eigenvalue weighted by Gasteiger charge is 2.26. The molecule has 0 heterocycles. The van der Waals surface area contributed by atoms with Crippen molar-refractivity contribution in [2.45, 2.75) is 32.4 Å². The molecule has 1 unspecified atom stereocenters. The first-order valence-corrected chi connectivity index (χ1v) is 8.66. The minimum atomic E-state index is -1.08. The van der Waals surface area contributed by atoms with E-state index in [0.717, 1.165) is 5.56 Å². The molecule has 6 heteroatoms. The number of carboxylic acid groups (broad SMARTS) is 1. The largest absolute Gasteiger partial charge is 0.497 e. The lowest BCUT2D eigenvalue weighted by atomic mass is 10.1. The van der Waals surface area contributed by atoms with Gasteiger partial charge in [-0.15, -0.1) is 0 Å². The second-order valence-electron chi connectivity index (χ2n) is 6.17. The van der Waals surface area contributed by atoms with Crippen LogP contribution in [0.15, 0.2) is 54.6 Å². The van der Waals surface area contributed by atoms with Crippen molar-refractivity contribution in [1.82, 2.24) is 4.90 Å². The Morgan fingerprint density at radius 3 is 2.19 bits per heavy atom. The number of amides is 1. The molecule has 2 rings (SSSR count). The van der Waals surface area contributed by atoms with Crippen molar-refractivity contribution in [3.8, 4) is 5.75 Å². The number of hydrogen-bond acceptors (Lipinski definition) is 4.